The summed E-state index contributed by atoms with van der Waals surface area (Å²) in [5.41, 5.74) is 5.54. The van der Waals surface area contributed by atoms with E-state index in [4.69, 9.17) is 5.84 Å². The Hall–Kier alpha value is -0.870. The predicted molar refractivity (Wildman–Crippen MR) is 71.7 cm³/mol. The summed E-state index contributed by atoms with van der Waals surface area (Å²) >= 11 is 0. The number of hydrazine groups is 1. The number of aromatic nitrogens is 2. The van der Waals surface area contributed by atoms with Crippen LogP contribution in [0.2, 0.25) is 0 Å². The number of hydrogen-bond donors (Lipinski definition) is 2. The molecule has 2 aliphatic carbocycles. The maximum absolute atomic E-state index is 5.77. The van der Waals surface area contributed by atoms with Crippen molar-refractivity contribution in [3.05, 3.63) is 17.5 Å². The summed E-state index contributed by atoms with van der Waals surface area (Å²) in [6, 6.07) is 2.66. The fourth-order valence-corrected chi connectivity index (χ4v) is 3.94. The van der Waals surface area contributed by atoms with Crippen molar-refractivity contribution in [3.63, 3.8) is 0 Å². The number of aryl methyl sites for hydroxylation is 2. The van der Waals surface area contributed by atoms with E-state index in [1.54, 1.807) is 0 Å². The summed E-state index contributed by atoms with van der Waals surface area (Å²) in [5, 5.41) is 4.52. The third-order valence-corrected chi connectivity index (χ3v) is 4.97. The number of hydrogen-bond acceptors (Lipinski definition) is 3. The molecular formula is C14H24N4. The van der Waals surface area contributed by atoms with Crippen LogP contribution in [0.15, 0.2) is 6.07 Å². The summed E-state index contributed by atoms with van der Waals surface area (Å²) in [6.07, 6.45) is 6.27. The molecule has 3 atom stereocenters. The van der Waals surface area contributed by atoms with Gasteiger partial charge in [0.15, 0.2) is 0 Å². The highest BCUT2D eigenvalue weighted by atomic mass is 15.3. The molecule has 2 saturated carbocycles. The average molecular weight is 248 g/mol. The van der Waals surface area contributed by atoms with E-state index in [0.29, 0.717) is 6.04 Å². The first-order chi connectivity index (χ1) is 8.74. The zero-order valence-electron chi connectivity index (χ0n) is 11.4. The molecule has 1 heterocycles. The maximum atomic E-state index is 5.77. The van der Waals surface area contributed by atoms with E-state index in [0.717, 1.165) is 30.6 Å². The van der Waals surface area contributed by atoms with Crippen LogP contribution in [0, 0.1) is 17.8 Å². The predicted octanol–water partition coefficient (Wildman–Crippen LogP) is 1.40. The standard InChI is InChI=1S/C14H24N4/c1-3-9-7-10(18(2)17-9)8-13(16-15)14-11-5-4-6-12(11)14/h7,11-14,16H,3-6,8,15H2,1-2H3. The van der Waals surface area contributed by atoms with Gasteiger partial charge in [0.2, 0.25) is 0 Å². The van der Waals surface area contributed by atoms with Gasteiger partial charge in [-0.05, 0) is 43.1 Å². The van der Waals surface area contributed by atoms with Crippen LogP contribution in [0.3, 0.4) is 0 Å². The van der Waals surface area contributed by atoms with Crippen molar-refractivity contribution in [2.45, 2.75) is 45.1 Å². The average Bonchev–Trinajstić information content (AvgIpc) is 2.76. The Balaban J connectivity index is 1.68. The van der Waals surface area contributed by atoms with Gasteiger partial charge in [0.1, 0.15) is 0 Å². The molecule has 100 valence electrons. The van der Waals surface area contributed by atoms with Crippen LogP contribution < -0.4 is 11.3 Å². The van der Waals surface area contributed by atoms with E-state index >= 15 is 0 Å². The first kappa shape index (κ1) is 12.2. The lowest BCUT2D eigenvalue weighted by atomic mass is 10.00. The Morgan fingerprint density at radius 3 is 2.78 bits per heavy atom. The molecule has 0 radical (unpaired) electrons. The highest BCUT2D eigenvalue weighted by Crippen LogP contribution is 2.59. The van der Waals surface area contributed by atoms with Crippen molar-refractivity contribution in [1.29, 1.82) is 0 Å². The molecular weight excluding hydrogens is 224 g/mol. The van der Waals surface area contributed by atoms with Crippen LogP contribution in [-0.2, 0) is 19.9 Å². The van der Waals surface area contributed by atoms with Crippen molar-refractivity contribution in [2.24, 2.45) is 30.6 Å². The number of nitrogens with zero attached hydrogens (tertiary/aromatic N) is 2. The molecule has 1 aromatic heterocycles. The van der Waals surface area contributed by atoms with Crippen LogP contribution >= 0.6 is 0 Å². The quantitative estimate of drug-likeness (QED) is 0.612. The molecule has 2 aliphatic rings. The molecule has 4 heteroatoms. The van der Waals surface area contributed by atoms with Crippen molar-refractivity contribution in [1.82, 2.24) is 15.2 Å². The Kier molecular flexibility index (Phi) is 3.16. The van der Waals surface area contributed by atoms with Crippen LogP contribution in [0.1, 0.15) is 37.6 Å². The summed E-state index contributed by atoms with van der Waals surface area (Å²) < 4.78 is 2.02. The monoisotopic (exact) mass is 248 g/mol. The number of nitrogens with one attached hydrogen (secondary N) is 1. The van der Waals surface area contributed by atoms with Gasteiger partial charge in [-0.3, -0.25) is 16.0 Å². The fraction of sp³-hybridized carbons (Fsp3) is 0.786. The highest BCUT2D eigenvalue weighted by Gasteiger charge is 2.55. The van der Waals surface area contributed by atoms with Crippen molar-refractivity contribution in [3.8, 4) is 0 Å². The van der Waals surface area contributed by atoms with Crippen LogP contribution in [-0.4, -0.2) is 15.8 Å². The third-order valence-electron chi connectivity index (χ3n) is 4.97. The van der Waals surface area contributed by atoms with E-state index in [-0.39, 0.29) is 0 Å². The Morgan fingerprint density at radius 1 is 1.50 bits per heavy atom. The minimum atomic E-state index is 0.431. The molecule has 4 nitrogen and oxygen atoms in total. The minimum absolute atomic E-state index is 0.431. The topological polar surface area (TPSA) is 55.9 Å². The normalized spacial score (nSPS) is 31.4. The zero-order chi connectivity index (χ0) is 12.7. The molecule has 0 amide bonds. The molecule has 0 saturated heterocycles. The van der Waals surface area contributed by atoms with Gasteiger partial charge in [-0.25, -0.2) is 0 Å². The number of fused-ring (bicyclic) bond motifs is 1. The van der Waals surface area contributed by atoms with Crippen molar-refractivity contribution < 1.29 is 0 Å². The highest BCUT2D eigenvalue weighted by molar-refractivity contribution is 5.15. The van der Waals surface area contributed by atoms with Gasteiger partial charge in [0.05, 0.1) is 5.69 Å². The lowest BCUT2D eigenvalue weighted by Gasteiger charge is -2.17. The maximum Gasteiger partial charge on any atom is 0.0624 e. The Bertz CT molecular complexity index is 415. The molecule has 18 heavy (non-hydrogen) atoms. The number of nitrogens with two attached hydrogens (primary N) is 1. The molecule has 0 aromatic carbocycles. The molecule has 0 bridgehead atoms. The second kappa shape index (κ2) is 4.67. The summed E-state index contributed by atoms with van der Waals surface area (Å²) in [7, 11) is 2.04. The van der Waals surface area contributed by atoms with Gasteiger partial charge >= 0.3 is 0 Å². The van der Waals surface area contributed by atoms with Crippen molar-refractivity contribution >= 4 is 0 Å². The third kappa shape index (κ3) is 1.97. The van der Waals surface area contributed by atoms with E-state index < -0.39 is 0 Å². The molecule has 3 rings (SSSR count). The molecule has 0 spiro atoms. The largest absolute Gasteiger partial charge is 0.272 e. The molecule has 3 unspecified atom stereocenters. The Labute approximate surface area is 109 Å². The molecule has 0 aliphatic heterocycles. The minimum Gasteiger partial charge on any atom is -0.272 e. The second-order valence-electron chi connectivity index (χ2n) is 5.92. The summed E-state index contributed by atoms with van der Waals surface area (Å²) in [5.74, 6) is 8.48. The van der Waals surface area contributed by atoms with Crippen LogP contribution in [0.4, 0.5) is 0 Å². The first-order valence-corrected chi connectivity index (χ1v) is 7.22. The lowest BCUT2D eigenvalue weighted by Crippen LogP contribution is -2.40. The van der Waals surface area contributed by atoms with Crippen LogP contribution in [0.25, 0.3) is 0 Å². The Morgan fingerprint density at radius 2 is 2.22 bits per heavy atom. The van der Waals surface area contributed by atoms with Crippen molar-refractivity contribution in [2.75, 3.05) is 0 Å². The summed E-state index contributed by atoms with van der Waals surface area (Å²) in [6.45, 7) is 2.15. The van der Waals surface area contributed by atoms with Gasteiger partial charge < -0.3 is 0 Å². The van der Waals surface area contributed by atoms with E-state index in [1.807, 2.05) is 11.7 Å². The molecule has 1 aromatic rings. The fourth-order valence-electron chi connectivity index (χ4n) is 3.94. The summed E-state index contributed by atoms with van der Waals surface area (Å²) in [4.78, 5) is 0. The van der Waals surface area contributed by atoms with E-state index in [2.05, 4.69) is 23.5 Å². The van der Waals surface area contributed by atoms with E-state index in [9.17, 15) is 0 Å². The van der Waals surface area contributed by atoms with Crippen LogP contribution in [0.5, 0.6) is 0 Å². The first-order valence-electron chi connectivity index (χ1n) is 7.22. The second-order valence-corrected chi connectivity index (χ2v) is 5.92. The molecule has 2 fully saturated rings. The van der Waals surface area contributed by atoms with Gasteiger partial charge in [0.25, 0.3) is 0 Å². The van der Waals surface area contributed by atoms with Gasteiger partial charge in [-0.2, -0.15) is 5.10 Å². The van der Waals surface area contributed by atoms with E-state index in [1.165, 1.54) is 30.7 Å². The zero-order valence-corrected chi connectivity index (χ0v) is 11.4. The SMILES string of the molecule is CCc1cc(CC(NN)C2C3CCCC32)n(C)n1. The van der Waals surface area contributed by atoms with Gasteiger partial charge in [-0.1, -0.05) is 13.3 Å². The van der Waals surface area contributed by atoms with Gasteiger partial charge in [0, 0.05) is 25.2 Å². The lowest BCUT2D eigenvalue weighted by molar-refractivity contribution is 0.402. The molecule has 3 N–H and O–H groups in total. The number of rotatable bonds is 5. The van der Waals surface area contributed by atoms with Gasteiger partial charge in [-0.15, -0.1) is 0 Å². The smallest absolute Gasteiger partial charge is 0.0624 e.